The molecular weight excluding hydrogens is 392 g/mol. The molecule has 0 aromatic heterocycles. The van der Waals surface area contributed by atoms with Crippen molar-refractivity contribution in [3.8, 4) is 0 Å². The topological polar surface area (TPSA) is 74.8 Å². The van der Waals surface area contributed by atoms with Gasteiger partial charge in [-0.2, -0.15) is 5.01 Å². The lowest BCUT2D eigenvalue weighted by Crippen LogP contribution is -2.59. The molecule has 0 saturated carbocycles. The van der Waals surface area contributed by atoms with Gasteiger partial charge in [-0.3, -0.25) is 19.2 Å². The van der Waals surface area contributed by atoms with Crippen molar-refractivity contribution >= 4 is 35.1 Å². The summed E-state index contributed by atoms with van der Waals surface area (Å²) >= 11 is 5.90. The van der Waals surface area contributed by atoms with Crippen LogP contribution in [-0.2, 0) is 9.59 Å². The van der Waals surface area contributed by atoms with Crippen LogP contribution in [0.3, 0.4) is 0 Å². The van der Waals surface area contributed by atoms with Crippen molar-refractivity contribution in [2.24, 2.45) is 0 Å². The molecule has 0 aliphatic carbocycles. The number of Topliss-reactive ketones (excluding diaryl/α,β-unsaturated/α-hetero) is 1. The Morgan fingerprint density at radius 2 is 1.45 bits per heavy atom. The number of rotatable bonds is 5. The SMILES string of the molecule is Cc1ccc(C(=O)[C@@H](C)N(C(=O)c2ccc(Cl)cc2)N2C(=O)CCCC2=O)cc1. The van der Waals surface area contributed by atoms with E-state index in [2.05, 4.69) is 0 Å². The number of benzene rings is 2. The van der Waals surface area contributed by atoms with E-state index in [1.807, 2.05) is 6.92 Å². The summed E-state index contributed by atoms with van der Waals surface area (Å²) in [5.41, 5.74) is 1.61. The summed E-state index contributed by atoms with van der Waals surface area (Å²) < 4.78 is 0. The van der Waals surface area contributed by atoms with Gasteiger partial charge >= 0.3 is 0 Å². The maximum atomic E-state index is 13.3. The van der Waals surface area contributed by atoms with E-state index in [0.29, 0.717) is 17.0 Å². The molecule has 1 fully saturated rings. The van der Waals surface area contributed by atoms with E-state index < -0.39 is 23.8 Å². The van der Waals surface area contributed by atoms with E-state index in [0.717, 1.165) is 15.6 Å². The first-order chi connectivity index (χ1) is 13.8. The molecule has 2 aromatic carbocycles. The zero-order valence-corrected chi connectivity index (χ0v) is 17.0. The minimum absolute atomic E-state index is 0.140. The van der Waals surface area contributed by atoms with Crippen LogP contribution in [0.5, 0.6) is 0 Å². The first-order valence-corrected chi connectivity index (χ1v) is 9.73. The Morgan fingerprint density at radius 1 is 0.931 bits per heavy atom. The van der Waals surface area contributed by atoms with Gasteiger partial charge in [-0.25, -0.2) is 5.01 Å². The van der Waals surface area contributed by atoms with Crippen LogP contribution in [0, 0.1) is 6.92 Å². The third-order valence-electron chi connectivity index (χ3n) is 4.85. The number of hydrogen-bond acceptors (Lipinski definition) is 4. The summed E-state index contributed by atoms with van der Waals surface area (Å²) in [6, 6.07) is 12.0. The number of piperidine rings is 1. The molecule has 0 radical (unpaired) electrons. The molecule has 1 aliphatic rings. The lowest BCUT2D eigenvalue weighted by Gasteiger charge is -2.38. The highest BCUT2D eigenvalue weighted by atomic mass is 35.5. The Labute approximate surface area is 174 Å². The Bertz CT molecular complexity index is 938. The summed E-state index contributed by atoms with van der Waals surface area (Å²) in [6.07, 6.45) is 0.709. The van der Waals surface area contributed by atoms with Crippen molar-refractivity contribution in [3.05, 3.63) is 70.2 Å². The second-order valence-corrected chi connectivity index (χ2v) is 7.45. The Balaban J connectivity index is 2.01. The second-order valence-electron chi connectivity index (χ2n) is 7.02. The molecule has 0 unspecified atom stereocenters. The first-order valence-electron chi connectivity index (χ1n) is 9.35. The minimum Gasteiger partial charge on any atom is -0.292 e. The molecule has 1 aliphatic heterocycles. The predicted octanol–water partition coefficient (Wildman–Crippen LogP) is 3.82. The highest BCUT2D eigenvalue weighted by Crippen LogP contribution is 2.22. The van der Waals surface area contributed by atoms with Gasteiger partial charge in [0.15, 0.2) is 5.78 Å². The zero-order valence-electron chi connectivity index (χ0n) is 16.2. The fourth-order valence-corrected chi connectivity index (χ4v) is 3.34. The molecule has 150 valence electrons. The molecule has 6 nitrogen and oxygen atoms in total. The fraction of sp³-hybridized carbons (Fsp3) is 0.273. The number of amides is 3. The van der Waals surface area contributed by atoms with E-state index in [4.69, 9.17) is 11.6 Å². The number of carbonyl (C=O) groups excluding carboxylic acids is 4. The molecule has 2 aromatic rings. The summed E-state index contributed by atoms with van der Waals surface area (Å²) in [5, 5.41) is 2.26. The molecule has 3 rings (SSSR count). The number of imide groups is 1. The van der Waals surface area contributed by atoms with Crippen molar-refractivity contribution in [1.82, 2.24) is 10.0 Å². The molecule has 1 heterocycles. The molecule has 3 amide bonds. The number of ketones is 1. The van der Waals surface area contributed by atoms with E-state index in [9.17, 15) is 19.2 Å². The fourth-order valence-electron chi connectivity index (χ4n) is 3.22. The maximum Gasteiger partial charge on any atom is 0.273 e. The average molecular weight is 413 g/mol. The van der Waals surface area contributed by atoms with Crippen molar-refractivity contribution in [1.29, 1.82) is 0 Å². The third kappa shape index (κ3) is 4.38. The van der Waals surface area contributed by atoms with Crippen molar-refractivity contribution in [2.75, 3.05) is 0 Å². The van der Waals surface area contributed by atoms with Crippen molar-refractivity contribution in [2.45, 2.75) is 39.2 Å². The summed E-state index contributed by atoms with van der Waals surface area (Å²) in [6.45, 7) is 3.42. The van der Waals surface area contributed by atoms with Gasteiger partial charge in [-0.15, -0.1) is 0 Å². The van der Waals surface area contributed by atoms with Crippen LogP contribution in [0.4, 0.5) is 0 Å². The van der Waals surface area contributed by atoms with E-state index >= 15 is 0 Å². The number of aryl methyl sites for hydroxylation is 1. The number of hydrazine groups is 1. The van der Waals surface area contributed by atoms with E-state index in [-0.39, 0.29) is 24.2 Å². The summed E-state index contributed by atoms with van der Waals surface area (Å²) in [4.78, 5) is 51.4. The number of carbonyl (C=O) groups is 4. The van der Waals surface area contributed by atoms with Crippen LogP contribution in [0.2, 0.25) is 5.02 Å². The highest BCUT2D eigenvalue weighted by Gasteiger charge is 2.39. The Morgan fingerprint density at radius 3 is 2.00 bits per heavy atom. The van der Waals surface area contributed by atoms with Crippen LogP contribution in [-0.4, -0.2) is 39.6 Å². The van der Waals surface area contributed by atoms with Gasteiger partial charge in [0.25, 0.3) is 5.91 Å². The average Bonchev–Trinajstić information content (AvgIpc) is 2.70. The lowest BCUT2D eigenvalue weighted by molar-refractivity contribution is -0.165. The quantitative estimate of drug-likeness (QED) is 0.552. The normalized spacial score (nSPS) is 15.2. The van der Waals surface area contributed by atoms with Crippen LogP contribution in [0.25, 0.3) is 0 Å². The second kappa shape index (κ2) is 8.57. The smallest absolute Gasteiger partial charge is 0.273 e. The number of hydrogen-bond donors (Lipinski definition) is 0. The van der Waals surface area contributed by atoms with E-state index in [1.165, 1.54) is 19.1 Å². The molecule has 0 N–H and O–H groups in total. The molecule has 29 heavy (non-hydrogen) atoms. The zero-order chi connectivity index (χ0) is 21.1. The minimum atomic E-state index is -1.05. The van der Waals surface area contributed by atoms with Gasteiger partial charge < -0.3 is 0 Å². The monoisotopic (exact) mass is 412 g/mol. The standard InChI is InChI=1S/C22H21ClN2O4/c1-14-6-8-16(9-7-14)21(28)15(2)24(25-19(26)4-3-5-20(25)27)22(29)17-10-12-18(23)13-11-17/h6-13,15H,3-5H2,1-2H3/t15-/m1/s1. The predicted molar refractivity (Wildman–Crippen MR) is 108 cm³/mol. The molecule has 1 saturated heterocycles. The van der Waals surface area contributed by atoms with Gasteiger partial charge in [0.1, 0.15) is 6.04 Å². The largest absolute Gasteiger partial charge is 0.292 e. The van der Waals surface area contributed by atoms with Crippen LogP contribution in [0.1, 0.15) is 52.5 Å². The maximum absolute atomic E-state index is 13.3. The number of halogens is 1. The number of nitrogens with zero attached hydrogens (tertiary/aromatic N) is 2. The lowest BCUT2D eigenvalue weighted by atomic mass is 10.0. The summed E-state index contributed by atoms with van der Waals surface area (Å²) in [7, 11) is 0. The Hall–Kier alpha value is -2.99. The van der Waals surface area contributed by atoms with Gasteiger partial charge in [-0.05, 0) is 44.5 Å². The van der Waals surface area contributed by atoms with Crippen molar-refractivity contribution < 1.29 is 19.2 Å². The highest BCUT2D eigenvalue weighted by molar-refractivity contribution is 6.30. The van der Waals surface area contributed by atoms with Crippen LogP contribution in [0.15, 0.2) is 48.5 Å². The first kappa shape index (κ1) is 20.7. The van der Waals surface area contributed by atoms with Gasteiger partial charge in [0.2, 0.25) is 11.8 Å². The molecule has 1 atom stereocenters. The van der Waals surface area contributed by atoms with Gasteiger partial charge in [0, 0.05) is 29.0 Å². The molecule has 0 spiro atoms. The van der Waals surface area contributed by atoms with Gasteiger partial charge in [-0.1, -0.05) is 41.4 Å². The van der Waals surface area contributed by atoms with Crippen LogP contribution >= 0.6 is 11.6 Å². The summed E-state index contributed by atoms with van der Waals surface area (Å²) in [5.74, 6) is -1.96. The Kier molecular flexibility index (Phi) is 6.13. The molecule has 7 heteroatoms. The molecule has 0 bridgehead atoms. The molecular formula is C22H21ClN2O4. The van der Waals surface area contributed by atoms with Crippen molar-refractivity contribution in [3.63, 3.8) is 0 Å². The van der Waals surface area contributed by atoms with Gasteiger partial charge in [0.05, 0.1) is 0 Å². The van der Waals surface area contributed by atoms with E-state index in [1.54, 1.807) is 36.4 Å². The van der Waals surface area contributed by atoms with Crippen LogP contribution < -0.4 is 0 Å². The third-order valence-corrected chi connectivity index (χ3v) is 5.10.